The molecule has 0 saturated heterocycles. The fraction of sp³-hybridized carbons (Fsp3) is 0.263. The summed E-state index contributed by atoms with van der Waals surface area (Å²) < 4.78 is 10.6. The van der Waals surface area contributed by atoms with Crippen LogP contribution in [0.1, 0.15) is 11.1 Å². The van der Waals surface area contributed by atoms with Crippen LogP contribution in [0.2, 0.25) is 0 Å². The quantitative estimate of drug-likeness (QED) is 0.306. The van der Waals surface area contributed by atoms with Gasteiger partial charge >= 0.3 is 0 Å². The van der Waals surface area contributed by atoms with Gasteiger partial charge in [-0.3, -0.25) is 4.79 Å². The predicted octanol–water partition coefficient (Wildman–Crippen LogP) is 2.56. The van der Waals surface area contributed by atoms with Gasteiger partial charge in [-0.2, -0.15) is 0 Å². The Morgan fingerprint density at radius 1 is 1.19 bits per heavy atom. The van der Waals surface area contributed by atoms with Crippen molar-refractivity contribution in [1.82, 2.24) is 0 Å². The van der Waals surface area contributed by atoms with Gasteiger partial charge in [-0.25, -0.2) is 0 Å². The first-order valence-corrected chi connectivity index (χ1v) is 8.04. The molecule has 0 radical (unpaired) electrons. The van der Waals surface area contributed by atoms with Crippen LogP contribution in [-0.4, -0.2) is 31.2 Å². The normalized spacial score (nSPS) is 12.3. The van der Waals surface area contributed by atoms with Crippen molar-refractivity contribution in [3.05, 3.63) is 53.6 Å². The molecule has 7 nitrogen and oxygen atoms in total. The van der Waals surface area contributed by atoms with Gasteiger partial charge in [-0.05, 0) is 49.2 Å². The van der Waals surface area contributed by atoms with Gasteiger partial charge in [-0.15, -0.1) is 0 Å². The Hall–Kier alpha value is -3.22. The van der Waals surface area contributed by atoms with Crippen LogP contribution in [0.5, 0.6) is 11.5 Å². The second kappa shape index (κ2) is 8.75. The summed E-state index contributed by atoms with van der Waals surface area (Å²) in [7, 11) is 3.09. The highest BCUT2D eigenvalue weighted by atomic mass is 16.5. The van der Waals surface area contributed by atoms with Crippen molar-refractivity contribution in [2.24, 2.45) is 16.8 Å². The van der Waals surface area contributed by atoms with Gasteiger partial charge < -0.3 is 25.7 Å². The summed E-state index contributed by atoms with van der Waals surface area (Å²) in [6.07, 6.45) is 0.188. The molecule has 1 atom stereocenters. The van der Waals surface area contributed by atoms with E-state index in [1.54, 1.807) is 37.4 Å². The van der Waals surface area contributed by atoms with E-state index >= 15 is 0 Å². The summed E-state index contributed by atoms with van der Waals surface area (Å²) in [6.45, 7) is 1.96. The molecule has 138 valence electrons. The number of oxime groups is 1. The van der Waals surface area contributed by atoms with Crippen LogP contribution in [0.3, 0.4) is 0 Å². The molecule has 0 bridgehead atoms. The molecule has 0 spiro atoms. The lowest BCUT2D eigenvalue weighted by Crippen LogP contribution is -2.36. The van der Waals surface area contributed by atoms with E-state index in [2.05, 4.69) is 10.5 Å². The molecule has 0 heterocycles. The Morgan fingerprint density at radius 3 is 2.46 bits per heavy atom. The fourth-order valence-electron chi connectivity index (χ4n) is 2.53. The molecular formula is C19H23N3O4. The molecule has 1 unspecified atom stereocenters. The van der Waals surface area contributed by atoms with Gasteiger partial charge in [0.2, 0.25) is 5.91 Å². The van der Waals surface area contributed by atoms with Gasteiger partial charge in [-0.1, -0.05) is 22.9 Å². The maximum absolute atomic E-state index is 12.7. The van der Waals surface area contributed by atoms with Crippen LogP contribution in [0.15, 0.2) is 47.6 Å². The number of amides is 1. The molecule has 1 amide bonds. The summed E-state index contributed by atoms with van der Waals surface area (Å²) in [4.78, 5) is 12.7. The van der Waals surface area contributed by atoms with Crippen LogP contribution in [0, 0.1) is 12.8 Å². The maximum Gasteiger partial charge on any atom is 0.235 e. The van der Waals surface area contributed by atoms with E-state index in [-0.39, 0.29) is 18.2 Å². The topological polar surface area (TPSA) is 106 Å². The maximum atomic E-state index is 12.7. The third-order valence-corrected chi connectivity index (χ3v) is 4.02. The lowest BCUT2D eigenvalue weighted by molar-refractivity contribution is -0.118. The van der Waals surface area contributed by atoms with E-state index in [4.69, 9.17) is 20.4 Å². The molecular weight excluding hydrogens is 334 g/mol. The standard InChI is InChI=1S/C19H23N3O4/c1-12-4-6-14(7-5-12)21-19(23)16(18(20)22-24)11-13-10-15(25-2)8-9-17(13)26-3/h4-10,16,24H,11H2,1-3H3,(H2,20,22)(H,21,23). The number of aryl methyl sites for hydroxylation is 1. The number of nitrogens with one attached hydrogen (secondary N) is 1. The first-order valence-electron chi connectivity index (χ1n) is 8.04. The molecule has 0 saturated carbocycles. The van der Waals surface area contributed by atoms with Gasteiger partial charge in [0.05, 0.1) is 14.2 Å². The van der Waals surface area contributed by atoms with Crippen LogP contribution in [0.25, 0.3) is 0 Å². The highest BCUT2D eigenvalue weighted by Crippen LogP contribution is 2.27. The van der Waals surface area contributed by atoms with Crippen molar-refractivity contribution in [1.29, 1.82) is 0 Å². The fourth-order valence-corrected chi connectivity index (χ4v) is 2.53. The number of carbonyl (C=O) groups is 1. The average Bonchev–Trinajstić information content (AvgIpc) is 2.66. The monoisotopic (exact) mass is 357 g/mol. The van der Waals surface area contributed by atoms with Crippen LogP contribution >= 0.6 is 0 Å². The van der Waals surface area contributed by atoms with Crippen molar-refractivity contribution >= 4 is 17.4 Å². The van der Waals surface area contributed by atoms with E-state index in [0.717, 1.165) is 5.56 Å². The first-order chi connectivity index (χ1) is 12.5. The SMILES string of the molecule is COc1ccc(OC)c(CC(C(=O)Nc2ccc(C)cc2)/C(N)=N/O)c1. The summed E-state index contributed by atoms with van der Waals surface area (Å²) >= 11 is 0. The zero-order chi connectivity index (χ0) is 19.1. The predicted molar refractivity (Wildman–Crippen MR) is 100.0 cm³/mol. The molecule has 2 aromatic carbocycles. The summed E-state index contributed by atoms with van der Waals surface area (Å²) in [5, 5.41) is 14.9. The number of rotatable bonds is 7. The van der Waals surface area contributed by atoms with Crippen molar-refractivity contribution < 1.29 is 19.5 Å². The lowest BCUT2D eigenvalue weighted by Gasteiger charge is -2.18. The third kappa shape index (κ3) is 4.66. The van der Waals surface area contributed by atoms with E-state index in [0.29, 0.717) is 22.7 Å². The Kier molecular flexibility index (Phi) is 6.43. The molecule has 26 heavy (non-hydrogen) atoms. The van der Waals surface area contributed by atoms with Gasteiger partial charge in [0, 0.05) is 5.69 Å². The van der Waals surface area contributed by atoms with Crippen molar-refractivity contribution in [2.45, 2.75) is 13.3 Å². The minimum Gasteiger partial charge on any atom is -0.497 e. The van der Waals surface area contributed by atoms with Gasteiger partial charge in [0.25, 0.3) is 0 Å². The molecule has 2 rings (SSSR count). The molecule has 2 aromatic rings. The van der Waals surface area contributed by atoms with E-state index in [9.17, 15) is 4.79 Å². The van der Waals surface area contributed by atoms with Gasteiger partial charge in [0.15, 0.2) is 5.84 Å². The number of benzene rings is 2. The minimum atomic E-state index is -0.873. The summed E-state index contributed by atoms with van der Waals surface area (Å²) in [6, 6.07) is 12.6. The molecule has 0 aliphatic heterocycles. The molecule has 0 aromatic heterocycles. The Bertz CT molecular complexity index is 788. The molecule has 4 N–H and O–H groups in total. The van der Waals surface area contributed by atoms with E-state index in [1.807, 2.05) is 19.1 Å². The zero-order valence-electron chi connectivity index (χ0n) is 15.0. The lowest BCUT2D eigenvalue weighted by atomic mass is 9.96. The number of hydrogen-bond donors (Lipinski definition) is 3. The number of nitrogens with zero attached hydrogens (tertiary/aromatic N) is 1. The highest BCUT2D eigenvalue weighted by Gasteiger charge is 2.25. The molecule has 7 heteroatoms. The average molecular weight is 357 g/mol. The molecule has 0 aliphatic carbocycles. The number of ether oxygens (including phenoxy) is 2. The minimum absolute atomic E-state index is 0.181. The van der Waals surface area contributed by atoms with Crippen LogP contribution in [-0.2, 0) is 11.2 Å². The summed E-state index contributed by atoms with van der Waals surface area (Å²) in [5.74, 6) is -0.224. The largest absolute Gasteiger partial charge is 0.497 e. The van der Waals surface area contributed by atoms with Crippen molar-refractivity contribution in [3.8, 4) is 11.5 Å². The van der Waals surface area contributed by atoms with Gasteiger partial charge in [0.1, 0.15) is 17.4 Å². The van der Waals surface area contributed by atoms with Crippen molar-refractivity contribution in [2.75, 3.05) is 19.5 Å². The first kappa shape index (κ1) is 19.1. The third-order valence-electron chi connectivity index (χ3n) is 4.02. The van der Waals surface area contributed by atoms with Crippen LogP contribution in [0.4, 0.5) is 5.69 Å². The number of nitrogens with two attached hydrogens (primary N) is 1. The summed E-state index contributed by atoms with van der Waals surface area (Å²) in [5.41, 5.74) is 8.20. The Labute approximate surface area is 152 Å². The molecule has 0 aliphatic rings. The Morgan fingerprint density at radius 2 is 1.88 bits per heavy atom. The second-order valence-electron chi connectivity index (χ2n) is 5.81. The number of anilines is 1. The second-order valence-corrected chi connectivity index (χ2v) is 5.81. The smallest absolute Gasteiger partial charge is 0.235 e. The van der Waals surface area contributed by atoms with Crippen molar-refractivity contribution in [3.63, 3.8) is 0 Å². The number of methoxy groups -OCH3 is 2. The number of carbonyl (C=O) groups excluding carboxylic acids is 1. The number of amidine groups is 1. The van der Waals surface area contributed by atoms with E-state index < -0.39 is 5.92 Å². The zero-order valence-corrected chi connectivity index (χ0v) is 15.0. The van der Waals surface area contributed by atoms with E-state index in [1.165, 1.54) is 7.11 Å². The van der Waals surface area contributed by atoms with Crippen LogP contribution < -0.4 is 20.5 Å². The highest BCUT2D eigenvalue weighted by molar-refractivity contribution is 6.08. The number of hydrogen-bond acceptors (Lipinski definition) is 5. The molecule has 0 fully saturated rings. The Balaban J connectivity index is 2.27.